The SMILES string of the molecule is CSC(C)(C)CNC(=O)c1coc(CN)c1. The summed E-state index contributed by atoms with van der Waals surface area (Å²) in [4.78, 5) is 11.7. The van der Waals surface area contributed by atoms with Crippen LogP contribution in [0, 0.1) is 0 Å². The smallest absolute Gasteiger partial charge is 0.254 e. The van der Waals surface area contributed by atoms with Crippen molar-refractivity contribution < 1.29 is 9.21 Å². The molecule has 0 spiro atoms. The number of furan rings is 1. The number of hydrogen-bond donors (Lipinski definition) is 2. The van der Waals surface area contributed by atoms with Crippen molar-refractivity contribution in [1.29, 1.82) is 0 Å². The zero-order valence-electron chi connectivity index (χ0n) is 9.87. The number of nitrogens with two attached hydrogens (primary N) is 1. The molecule has 1 amide bonds. The molecule has 4 nitrogen and oxygen atoms in total. The number of carbonyl (C=O) groups excluding carboxylic acids is 1. The van der Waals surface area contributed by atoms with Crippen LogP contribution in [0.25, 0.3) is 0 Å². The van der Waals surface area contributed by atoms with Crippen LogP contribution < -0.4 is 11.1 Å². The summed E-state index contributed by atoms with van der Waals surface area (Å²) in [7, 11) is 0. The molecule has 0 radical (unpaired) electrons. The maximum absolute atomic E-state index is 11.7. The van der Waals surface area contributed by atoms with Crippen LogP contribution in [0.15, 0.2) is 16.7 Å². The number of thioether (sulfide) groups is 1. The Morgan fingerprint density at radius 3 is 2.81 bits per heavy atom. The van der Waals surface area contributed by atoms with Gasteiger partial charge in [-0.25, -0.2) is 0 Å². The first-order valence-electron chi connectivity index (χ1n) is 5.09. The van der Waals surface area contributed by atoms with Gasteiger partial charge in [0.1, 0.15) is 12.0 Å². The quantitative estimate of drug-likeness (QED) is 0.823. The van der Waals surface area contributed by atoms with Gasteiger partial charge in [-0.2, -0.15) is 11.8 Å². The summed E-state index contributed by atoms with van der Waals surface area (Å²) in [6, 6.07) is 1.67. The lowest BCUT2D eigenvalue weighted by molar-refractivity contribution is 0.0950. The molecule has 0 aliphatic carbocycles. The number of rotatable bonds is 5. The Morgan fingerprint density at radius 1 is 1.62 bits per heavy atom. The minimum absolute atomic E-state index is 0.0378. The van der Waals surface area contributed by atoms with Crippen LogP contribution in [0.1, 0.15) is 30.0 Å². The van der Waals surface area contributed by atoms with Crippen molar-refractivity contribution in [1.82, 2.24) is 5.32 Å². The Labute approximate surface area is 100.0 Å². The average Bonchev–Trinajstić information content (AvgIpc) is 2.74. The molecule has 0 saturated carbocycles. The summed E-state index contributed by atoms with van der Waals surface area (Å²) >= 11 is 1.72. The van der Waals surface area contributed by atoms with Crippen molar-refractivity contribution >= 4 is 17.7 Å². The molecule has 0 aliphatic heterocycles. The predicted molar refractivity (Wildman–Crippen MR) is 66.5 cm³/mol. The Hall–Kier alpha value is -0.940. The van der Waals surface area contributed by atoms with Gasteiger partial charge in [0, 0.05) is 11.3 Å². The molecule has 90 valence electrons. The Morgan fingerprint density at radius 2 is 2.31 bits per heavy atom. The summed E-state index contributed by atoms with van der Waals surface area (Å²) in [6.45, 7) is 5.09. The molecule has 3 N–H and O–H groups in total. The minimum atomic E-state index is -0.120. The van der Waals surface area contributed by atoms with Crippen LogP contribution in [0.3, 0.4) is 0 Å². The van der Waals surface area contributed by atoms with E-state index in [4.69, 9.17) is 10.2 Å². The van der Waals surface area contributed by atoms with Gasteiger partial charge in [0.2, 0.25) is 0 Å². The fourth-order valence-electron chi connectivity index (χ4n) is 1.07. The second kappa shape index (κ2) is 5.41. The molecule has 16 heavy (non-hydrogen) atoms. The first-order valence-corrected chi connectivity index (χ1v) is 6.32. The number of carbonyl (C=O) groups is 1. The van der Waals surface area contributed by atoms with Crippen molar-refractivity contribution in [2.24, 2.45) is 5.73 Å². The maximum atomic E-state index is 11.7. The van der Waals surface area contributed by atoms with Crippen molar-refractivity contribution in [3.8, 4) is 0 Å². The molecule has 0 fully saturated rings. The van der Waals surface area contributed by atoms with Crippen molar-refractivity contribution in [3.63, 3.8) is 0 Å². The Bertz CT molecular complexity index is 361. The zero-order valence-corrected chi connectivity index (χ0v) is 10.7. The monoisotopic (exact) mass is 242 g/mol. The van der Waals surface area contributed by atoms with Gasteiger partial charge in [-0.3, -0.25) is 4.79 Å². The highest BCUT2D eigenvalue weighted by atomic mass is 32.2. The molecule has 0 aliphatic rings. The third-order valence-electron chi connectivity index (χ3n) is 2.34. The number of amides is 1. The summed E-state index contributed by atoms with van der Waals surface area (Å²) in [6.07, 6.45) is 3.46. The molecular formula is C11H18N2O2S. The zero-order chi connectivity index (χ0) is 12.2. The molecule has 1 aromatic heterocycles. The van der Waals surface area contributed by atoms with Crippen LogP contribution in [0.4, 0.5) is 0 Å². The fraction of sp³-hybridized carbons (Fsp3) is 0.545. The van der Waals surface area contributed by atoms with E-state index in [9.17, 15) is 4.79 Å². The van der Waals surface area contributed by atoms with Crippen LogP contribution >= 0.6 is 11.8 Å². The van der Waals surface area contributed by atoms with E-state index in [1.165, 1.54) is 6.26 Å². The summed E-state index contributed by atoms with van der Waals surface area (Å²) in [5.41, 5.74) is 5.92. The van der Waals surface area contributed by atoms with Crippen molar-refractivity contribution in [2.45, 2.75) is 25.1 Å². The molecule has 0 unspecified atom stereocenters. The topological polar surface area (TPSA) is 68.3 Å². The molecule has 1 rings (SSSR count). The molecule has 1 heterocycles. The van der Waals surface area contributed by atoms with Crippen LogP contribution in [-0.2, 0) is 6.54 Å². The third-order valence-corrected chi connectivity index (χ3v) is 3.59. The van der Waals surface area contributed by atoms with E-state index in [1.807, 2.05) is 6.26 Å². The molecular weight excluding hydrogens is 224 g/mol. The highest BCUT2D eigenvalue weighted by molar-refractivity contribution is 7.99. The van der Waals surface area contributed by atoms with Gasteiger partial charge in [0.25, 0.3) is 5.91 Å². The molecule has 1 aromatic rings. The van der Waals surface area contributed by atoms with E-state index in [1.54, 1.807) is 17.8 Å². The lowest BCUT2D eigenvalue weighted by atomic mass is 10.2. The first-order chi connectivity index (χ1) is 7.48. The molecule has 5 heteroatoms. The molecule has 0 bridgehead atoms. The van der Waals surface area contributed by atoms with Gasteiger partial charge < -0.3 is 15.5 Å². The standard InChI is InChI=1S/C11H18N2O2S/c1-11(2,16-3)7-13-10(14)8-4-9(5-12)15-6-8/h4,6H,5,7,12H2,1-3H3,(H,13,14). The fourth-order valence-corrected chi connectivity index (χ4v) is 1.29. The minimum Gasteiger partial charge on any atom is -0.467 e. The number of hydrogen-bond acceptors (Lipinski definition) is 4. The van der Waals surface area contributed by atoms with E-state index in [2.05, 4.69) is 19.2 Å². The van der Waals surface area contributed by atoms with Gasteiger partial charge in [-0.1, -0.05) is 0 Å². The highest BCUT2D eigenvalue weighted by Crippen LogP contribution is 2.19. The van der Waals surface area contributed by atoms with E-state index in [-0.39, 0.29) is 10.7 Å². The molecule has 0 atom stereocenters. The normalized spacial score (nSPS) is 11.5. The van der Waals surface area contributed by atoms with Crippen LogP contribution in [0.2, 0.25) is 0 Å². The van der Waals surface area contributed by atoms with E-state index >= 15 is 0 Å². The van der Waals surface area contributed by atoms with Gasteiger partial charge in [0.15, 0.2) is 0 Å². The second-order valence-electron chi connectivity index (χ2n) is 4.15. The van der Waals surface area contributed by atoms with Crippen LogP contribution in [-0.4, -0.2) is 23.5 Å². The lowest BCUT2D eigenvalue weighted by Crippen LogP contribution is -2.35. The summed E-state index contributed by atoms with van der Waals surface area (Å²) < 4.78 is 5.14. The van der Waals surface area contributed by atoms with E-state index < -0.39 is 0 Å². The largest absolute Gasteiger partial charge is 0.467 e. The second-order valence-corrected chi connectivity index (χ2v) is 5.67. The van der Waals surface area contributed by atoms with Gasteiger partial charge in [0.05, 0.1) is 12.1 Å². The van der Waals surface area contributed by atoms with Crippen LogP contribution in [0.5, 0.6) is 0 Å². The van der Waals surface area contributed by atoms with Gasteiger partial charge in [-0.15, -0.1) is 0 Å². The van der Waals surface area contributed by atoms with Crippen molar-refractivity contribution in [2.75, 3.05) is 12.8 Å². The molecule has 0 aromatic carbocycles. The van der Waals surface area contributed by atoms with Gasteiger partial charge >= 0.3 is 0 Å². The summed E-state index contributed by atoms with van der Waals surface area (Å²) in [5.74, 6) is 0.500. The maximum Gasteiger partial charge on any atom is 0.254 e. The summed E-state index contributed by atoms with van der Waals surface area (Å²) in [5, 5.41) is 2.87. The highest BCUT2D eigenvalue weighted by Gasteiger charge is 2.18. The first kappa shape index (κ1) is 13.1. The Kier molecular flexibility index (Phi) is 4.44. The van der Waals surface area contributed by atoms with Gasteiger partial charge in [-0.05, 0) is 26.2 Å². The molecule has 0 saturated heterocycles. The van der Waals surface area contributed by atoms with E-state index in [0.29, 0.717) is 24.4 Å². The third kappa shape index (κ3) is 3.57. The van der Waals surface area contributed by atoms with Crippen molar-refractivity contribution in [3.05, 3.63) is 23.7 Å². The predicted octanol–water partition coefficient (Wildman–Crippen LogP) is 1.61. The Balaban J connectivity index is 2.53. The average molecular weight is 242 g/mol. The lowest BCUT2D eigenvalue weighted by Gasteiger charge is -2.21. The van der Waals surface area contributed by atoms with E-state index in [0.717, 1.165) is 0 Å². The number of nitrogens with one attached hydrogen (secondary N) is 1.